The van der Waals surface area contributed by atoms with Crippen molar-refractivity contribution >= 4 is 23.5 Å². The summed E-state index contributed by atoms with van der Waals surface area (Å²) in [6, 6.07) is 7.34. The third-order valence-electron chi connectivity index (χ3n) is 5.50. The number of fused-ring (bicyclic) bond motifs is 1. The van der Waals surface area contributed by atoms with Gasteiger partial charge in [0, 0.05) is 18.8 Å². The number of esters is 1. The number of carbonyl (C=O) groups is 3. The topological polar surface area (TPSA) is 103 Å². The van der Waals surface area contributed by atoms with Gasteiger partial charge in [-0.05, 0) is 45.7 Å². The Bertz CT molecular complexity index is 1020. The molecular formula is C23H30N4O5. The van der Waals surface area contributed by atoms with Crippen molar-refractivity contribution in [2.45, 2.75) is 52.3 Å². The number of carbonyl (C=O) groups excluding carboxylic acids is 3. The Morgan fingerprint density at radius 3 is 2.66 bits per heavy atom. The van der Waals surface area contributed by atoms with E-state index in [0.717, 1.165) is 5.56 Å². The summed E-state index contributed by atoms with van der Waals surface area (Å²) >= 11 is 0. The first-order valence-electron chi connectivity index (χ1n) is 10.6. The molecule has 1 atom stereocenters. The number of amides is 2. The lowest BCUT2D eigenvalue weighted by molar-refractivity contribution is -0.126. The summed E-state index contributed by atoms with van der Waals surface area (Å²) in [6.45, 7) is 8.59. The maximum atomic E-state index is 13.7. The summed E-state index contributed by atoms with van der Waals surface area (Å²) in [5.41, 5.74) is 0.239. The number of nitrogens with zero attached hydrogens (tertiary/aromatic N) is 3. The van der Waals surface area contributed by atoms with Crippen LogP contribution in [0.2, 0.25) is 0 Å². The maximum Gasteiger partial charge on any atom is 0.359 e. The van der Waals surface area contributed by atoms with E-state index in [0.29, 0.717) is 25.3 Å². The van der Waals surface area contributed by atoms with E-state index in [4.69, 9.17) is 9.47 Å². The molecule has 2 aromatic rings. The zero-order valence-corrected chi connectivity index (χ0v) is 19.2. The number of hydrogen-bond acceptors (Lipinski definition) is 6. The largest absolute Gasteiger partial charge is 0.464 e. The van der Waals surface area contributed by atoms with Crippen molar-refractivity contribution in [3.05, 3.63) is 47.5 Å². The molecule has 1 aromatic carbocycles. The summed E-state index contributed by atoms with van der Waals surface area (Å²) in [5, 5.41) is 2.94. The third-order valence-corrected chi connectivity index (χ3v) is 5.50. The lowest BCUT2D eigenvalue weighted by Crippen LogP contribution is -2.64. The van der Waals surface area contributed by atoms with E-state index in [9.17, 15) is 14.4 Å². The fourth-order valence-corrected chi connectivity index (χ4v) is 3.85. The van der Waals surface area contributed by atoms with Crippen LogP contribution in [-0.4, -0.2) is 59.2 Å². The van der Waals surface area contributed by atoms with Crippen molar-refractivity contribution in [1.82, 2.24) is 14.9 Å². The number of anilines is 1. The first-order chi connectivity index (χ1) is 15.2. The number of nitrogens with one attached hydrogen (secondary N) is 1. The number of imidazole rings is 1. The second-order valence-electron chi connectivity index (χ2n) is 8.29. The van der Waals surface area contributed by atoms with Crippen molar-refractivity contribution in [3.63, 3.8) is 0 Å². The second-order valence-corrected chi connectivity index (χ2v) is 8.29. The Morgan fingerprint density at radius 2 is 2.00 bits per heavy atom. The van der Waals surface area contributed by atoms with Crippen LogP contribution in [0.5, 0.6) is 0 Å². The molecular weight excluding hydrogens is 412 g/mol. The zero-order chi connectivity index (χ0) is 23.5. The molecule has 0 spiro atoms. The highest BCUT2D eigenvalue weighted by atomic mass is 16.5. The number of para-hydroxylation sites is 1. The molecule has 0 saturated carbocycles. The monoisotopic (exact) mass is 442 g/mol. The number of ether oxygens (including phenoxy) is 2. The van der Waals surface area contributed by atoms with Crippen LogP contribution >= 0.6 is 0 Å². The smallest absolute Gasteiger partial charge is 0.359 e. The normalized spacial score (nSPS) is 17.9. The summed E-state index contributed by atoms with van der Waals surface area (Å²) in [5.74, 6) is -1.48. The van der Waals surface area contributed by atoms with Crippen LogP contribution in [0.1, 0.15) is 53.7 Å². The molecule has 3 rings (SSSR count). The maximum absolute atomic E-state index is 13.7. The van der Waals surface area contributed by atoms with E-state index >= 15 is 0 Å². The van der Waals surface area contributed by atoms with Crippen LogP contribution in [0.3, 0.4) is 0 Å². The molecule has 2 heterocycles. The van der Waals surface area contributed by atoms with Crippen LogP contribution in [-0.2, 0) is 20.8 Å². The molecule has 0 saturated heterocycles. The molecule has 1 aliphatic heterocycles. The van der Waals surface area contributed by atoms with Crippen molar-refractivity contribution in [2.75, 3.05) is 25.2 Å². The molecule has 0 radical (unpaired) electrons. The molecule has 0 aliphatic carbocycles. The fourth-order valence-electron chi connectivity index (χ4n) is 3.85. The van der Waals surface area contributed by atoms with Gasteiger partial charge in [-0.15, -0.1) is 0 Å². The minimum atomic E-state index is -1.23. The van der Waals surface area contributed by atoms with E-state index in [1.54, 1.807) is 17.6 Å². The standard InChI is InChI=1S/C23H30N4O5/c1-15(2)32-12-8-11-24-22(30)23(4)13-26-14-25-18(21(29)31-5)19(26)20(28)27(23)17-10-7-6-9-16(17)3/h6-7,9-10,14-15H,8,11-13H2,1-5H3,(H,24,30). The van der Waals surface area contributed by atoms with Gasteiger partial charge in [0.05, 0.1) is 26.1 Å². The van der Waals surface area contributed by atoms with Crippen LogP contribution < -0.4 is 10.2 Å². The van der Waals surface area contributed by atoms with E-state index in [1.807, 2.05) is 39.0 Å². The van der Waals surface area contributed by atoms with Crippen LogP contribution in [0.15, 0.2) is 30.6 Å². The minimum absolute atomic E-state index is 0.0654. The average Bonchev–Trinajstić information content (AvgIpc) is 3.17. The van der Waals surface area contributed by atoms with Gasteiger partial charge in [0.2, 0.25) is 5.91 Å². The number of benzene rings is 1. The Labute approximate surface area is 187 Å². The van der Waals surface area contributed by atoms with Gasteiger partial charge in [-0.3, -0.25) is 14.5 Å². The lowest BCUT2D eigenvalue weighted by Gasteiger charge is -2.44. The summed E-state index contributed by atoms with van der Waals surface area (Å²) in [7, 11) is 1.24. The predicted molar refractivity (Wildman–Crippen MR) is 119 cm³/mol. The lowest BCUT2D eigenvalue weighted by atomic mass is 9.92. The molecule has 32 heavy (non-hydrogen) atoms. The highest BCUT2D eigenvalue weighted by molar-refractivity contribution is 6.15. The molecule has 0 bridgehead atoms. The quantitative estimate of drug-likeness (QED) is 0.497. The highest BCUT2D eigenvalue weighted by Crippen LogP contribution is 2.35. The average molecular weight is 443 g/mol. The SMILES string of the molecule is COC(=O)c1ncn2c1C(=O)N(c1ccccc1C)C(C)(C(=O)NCCCOC(C)C)C2. The molecule has 1 N–H and O–H groups in total. The predicted octanol–water partition coefficient (Wildman–Crippen LogP) is 2.33. The molecule has 2 amide bonds. The fraction of sp³-hybridized carbons (Fsp3) is 0.478. The molecule has 1 aromatic heterocycles. The van der Waals surface area contributed by atoms with Gasteiger partial charge in [-0.2, -0.15) is 0 Å². The molecule has 172 valence electrons. The molecule has 9 nitrogen and oxygen atoms in total. The van der Waals surface area contributed by atoms with Crippen LogP contribution in [0.4, 0.5) is 5.69 Å². The first-order valence-corrected chi connectivity index (χ1v) is 10.6. The number of hydrogen-bond donors (Lipinski definition) is 1. The van der Waals surface area contributed by atoms with E-state index in [-0.39, 0.29) is 29.9 Å². The Kier molecular flexibility index (Phi) is 6.98. The Hall–Kier alpha value is -3.20. The van der Waals surface area contributed by atoms with Crippen molar-refractivity contribution in [3.8, 4) is 0 Å². The molecule has 1 aliphatic rings. The van der Waals surface area contributed by atoms with Crippen molar-refractivity contribution in [1.29, 1.82) is 0 Å². The van der Waals surface area contributed by atoms with Gasteiger partial charge in [-0.1, -0.05) is 18.2 Å². The molecule has 9 heteroatoms. The van der Waals surface area contributed by atoms with E-state index < -0.39 is 17.4 Å². The Morgan fingerprint density at radius 1 is 1.28 bits per heavy atom. The minimum Gasteiger partial charge on any atom is -0.464 e. The number of rotatable bonds is 8. The number of aromatic nitrogens is 2. The van der Waals surface area contributed by atoms with Gasteiger partial charge in [0.25, 0.3) is 5.91 Å². The second kappa shape index (κ2) is 9.52. The molecule has 0 fully saturated rings. The van der Waals surface area contributed by atoms with Gasteiger partial charge >= 0.3 is 5.97 Å². The van der Waals surface area contributed by atoms with E-state index in [2.05, 4.69) is 10.3 Å². The summed E-state index contributed by atoms with van der Waals surface area (Å²) in [6.07, 6.45) is 2.18. The first kappa shape index (κ1) is 23.5. The number of methoxy groups -OCH3 is 1. The third kappa shape index (κ3) is 4.38. The Balaban J connectivity index is 1.97. The van der Waals surface area contributed by atoms with Crippen molar-refractivity contribution in [2.24, 2.45) is 0 Å². The molecule has 1 unspecified atom stereocenters. The van der Waals surface area contributed by atoms with Crippen molar-refractivity contribution < 1.29 is 23.9 Å². The van der Waals surface area contributed by atoms with Gasteiger partial charge < -0.3 is 19.4 Å². The number of aryl methyl sites for hydroxylation is 1. The van der Waals surface area contributed by atoms with Crippen LogP contribution in [0, 0.1) is 6.92 Å². The van der Waals surface area contributed by atoms with Gasteiger partial charge in [-0.25, -0.2) is 9.78 Å². The summed E-state index contributed by atoms with van der Waals surface area (Å²) < 4.78 is 11.9. The summed E-state index contributed by atoms with van der Waals surface area (Å²) in [4.78, 5) is 44.8. The van der Waals surface area contributed by atoms with E-state index in [1.165, 1.54) is 18.3 Å². The zero-order valence-electron chi connectivity index (χ0n) is 19.2. The van der Waals surface area contributed by atoms with Gasteiger partial charge in [0.1, 0.15) is 11.2 Å². The van der Waals surface area contributed by atoms with Crippen LogP contribution in [0.25, 0.3) is 0 Å². The highest BCUT2D eigenvalue weighted by Gasteiger charge is 2.50. The van der Waals surface area contributed by atoms with Gasteiger partial charge in [0.15, 0.2) is 5.69 Å².